The van der Waals surface area contributed by atoms with E-state index in [4.69, 9.17) is 11.5 Å². The van der Waals surface area contributed by atoms with Crippen LogP contribution >= 0.6 is 0 Å². The van der Waals surface area contributed by atoms with E-state index in [2.05, 4.69) is 24.9 Å². The molecular weight excluding hydrogens is 269 g/mol. The molecule has 0 atom stereocenters. The van der Waals surface area contributed by atoms with E-state index in [0.29, 0.717) is 22.5 Å². The third-order valence-electron chi connectivity index (χ3n) is 2.19. The number of H-pyrrole nitrogens is 1. The van der Waals surface area contributed by atoms with Gasteiger partial charge in [0, 0.05) is 12.4 Å². The number of imidazole rings is 1. The maximum absolute atomic E-state index is 10.4. The Morgan fingerprint density at radius 2 is 2.05 bits per heavy atom. The van der Waals surface area contributed by atoms with E-state index in [-0.39, 0.29) is 29.6 Å². The summed E-state index contributed by atoms with van der Waals surface area (Å²) >= 11 is 0. The molecule has 0 radical (unpaired) electrons. The molecule has 3 aromatic rings. The molecular formula is C11H12N7NaO. The van der Waals surface area contributed by atoms with Gasteiger partial charge >= 0.3 is 29.6 Å². The van der Waals surface area contributed by atoms with E-state index in [1.807, 2.05) is 0 Å². The molecule has 0 aliphatic heterocycles. The summed E-state index contributed by atoms with van der Waals surface area (Å²) in [5.74, 6) is -0.0330. The van der Waals surface area contributed by atoms with Gasteiger partial charge in [0.05, 0.1) is 11.9 Å². The van der Waals surface area contributed by atoms with Crippen LogP contribution in [0, 0.1) is 0 Å². The fourth-order valence-electron chi connectivity index (χ4n) is 1.29. The fraction of sp³-hybridized carbons (Fsp3) is 0. The van der Waals surface area contributed by atoms with Gasteiger partial charge in [0.1, 0.15) is 11.8 Å². The average Bonchev–Trinajstić information content (AvgIpc) is 2.90. The molecule has 98 valence electrons. The number of nitrogen functional groups attached to an aromatic ring is 1. The summed E-state index contributed by atoms with van der Waals surface area (Å²) in [5.41, 5.74) is 12.1. The van der Waals surface area contributed by atoms with Crippen LogP contribution in [0.4, 0.5) is 5.82 Å². The molecule has 0 aliphatic rings. The van der Waals surface area contributed by atoms with Gasteiger partial charge in [-0.1, -0.05) is 0 Å². The van der Waals surface area contributed by atoms with E-state index in [9.17, 15) is 4.79 Å². The summed E-state index contributed by atoms with van der Waals surface area (Å²) in [4.78, 5) is 28.5. The van der Waals surface area contributed by atoms with E-state index in [1.165, 1.54) is 18.9 Å². The maximum atomic E-state index is 10.4. The topological polar surface area (TPSA) is 136 Å². The molecule has 9 heteroatoms. The second-order valence-corrected chi connectivity index (χ2v) is 3.46. The number of hydrogen-bond donors (Lipinski definition) is 3. The number of aromatic amines is 1. The van der Waals surface area contributed by atoms with Crippen LogP contribution < -0.4 is 11.5 Å². The van der Waals surface area contributed by atoms with Gasteiger partial charge in [-0.25, -0.2) is 15.0 Å². The number of carbonyl (C=O) groups is 1. The number of carbonyl (C=O) groups excluding carboxylic acids is 1. The minimum absolute atomic E-state index is 0. The summed E-state index contributed by atoms with van der Waals surface area (Å²) in [6, 6.07) is 3.29. The Hall–Kier alpha value is -2.03. The SMILES string of the molecule is NC(=O)c1cccnc1.Nc1ncnc2[nH]cnc12.[NaH]. The van der Waals surface area contributed by atoms with Crippen LogP contribution in [0.25, 0.3) is 11.2 Å². The number of amides is 1. The molecule has 0 aromatic carbocycles. The van der Waals surface area contributed by atoms with Crippen LogP contribution in [0.2, 0.25) is 0 Å². The summed E-state index contributed by atoms with van der Waals surface area (Å²) < 4.78 is 0. The fourth-order valence-corrected chi connectivity index (χ4v) is 1.29. The number of aromatic nitrogens is 5. The summed E-state index contributed by atoms with van der Waals surface area (Å²) in [6.45, 7) is 0. The predicted molar refractivity (Wildman–Crippen MR) is 76.0 cm³/mol. The number of fused-ring (bicyclic) bond motifs is 1. The number of anilines is 1. The van der Waals surface area contributed by atoms with Crippen LogP contribution in [-0.4, -0.2) is 60.4 Å². The molecule has 0 fully saturated rings. The molecule has 20 heavy (non-hydrogen) atoms. The zero-order valence-electron chi connectivity index (χ0n) is 9.82. The number of hydrogen-bond acceptors (Lipinski definition) is 6. The van der Waals surface area contributed by atoms with Gasteiger partial charge in [0.25, 0.3) is 0 Å². The van der Waals surface area contributed by atoms with E-state index >= 15 is 0 Å². The van der Waals surface area contributed by atoms with Crippen LogP contribution in [-0.2, 0) is 0 Å². The van der Waals surface area contributed by atoms with Crippen molar-refractivity contribution in [3.05, 3.63) is 42.7 Å². The third kappa shape index (κ3) is 3.98. The minimum atomic E-state index is -0.442. The molecule has 0 aliphatic carbocycles. The second kappa shape index (κ2) is 7.53. The van der Waals surface area contributed by atoms with Crippen molar-refractivity contribution in [2.75, 3.05) is 5.73 Å². The molecule has 1 amide bonds. The van der Waals surface area contributed by atoms with Crippen molar-refractivity contribution in [1.82, 2.24) is 24.9 Å². The first-order chi connectivity index (χ1) is 9.18. The van der Waals surface area contributed by atoms with Crippen molar-refractivity contribution in [1.29, 1.82) is 0 Å². The number of pyridine rings is 1. The van der Waals surface area contributed by atoms with Crippen molar-refractivity contribution in [2.45, 2.75) is 0 Å². The number of rotatable bonds is 1. The molecule has 3 heterocycles. The molecule has 3 aromatic heterocycles. The van der Waals surface area contributed by atoms with E-state index in [1.54, 1.807) is 18.3 Å². The summed E-state index contributed by atoms with van der Waals surface area (Å²) in [6.07, 6.45) is 5.96. The molecule has 0 bridgehead atoms. The van der Waals surface area contributed by atoms with Crippen molar-refractivity contribution in [2.24, 2.45) is 5.73 Å². The van der Waals surface area contributed by atoms with Crippen molar-refractivity contribution < 1.29 is 4.79 Å². The standard InChI is InChI=1S/C6H6N2O.C5H5N5.Na.H/c7-6(9)5-2-1-3-8-4-5;6-4-3-5(9-1-7-3)10-2-8-4;;/h1-4H,(H2,7,9);1-2H,(H3,6,7,8,9,10);;. The molecule has 0 saturated heterocycles. The van der Waals surface area contributed by atoms with Crippen LogP contribution in [0.15, 0.2) is 37.2 Å². The summed E-state index contributed by atoms with van der Waals surface area (Å²) in [5, 5.41) is 0. The van der Waals surface area contributed by atoms with Crippen LogP contribution in [0.1, 0.15) is 10.4 Å². The second-order valence-electron chi connectivity index (χ2n) is 3.46. The quantitative estimate of drug-likeness (QED) is 0.513. The van der Waals surface area contributed by atoms with Gasteiger partial charge < -0.3 is 16.5 Å². The monoisotopic (exact) mass is 281 g/mol. The van der Waals surface area contributed by atoms with Gasteiger partial charge in [-0.05, 0) is 12.1 Å². The number of nitrogens with zero attached hydrogens (tertiary/aromatic N) is 4. The predicted octanol–water partition coefficient (Wildman–Crippen LogP) is -0.533. The number of nitrogens with two attached hydrogens (primary N) is 2. The van der Waals surface area contributed by atoms with Crippen LogP contribution in [0.3, 0.4) is 0 Å². The molecule has 8 nitrogen and oxygen atoms in total. The van der Waals surface area contributed by atoms with Crippen molar-refractivity contribution in [3.63, 3.8) is 0 Å². The van der Waals surface area contributed by atoms with Gasteiger partial charge in [0.15, 0.2) is 11.5 Å². The first-order valence-electron chi connectivity index (χ1n) is 5.28. The molecule has 0 unspecified atom stereocenters. The Balaban J connectivity index is 0.000000192. The first kappa shape index (κ1) is 16.0. The van der Waals surface area contributed by atoms with Crippen LogP contribution in [0.5, 0.6) is 0 Å². The van der Waals surface area contributed by atoms with Gasteiger partial charge in [-0.15, -0.1) is 0 Å². The molecule has 5 N–H and O–H groups in total. The Morgan fingerprint density at radius 3 is 2.60 bits per heavy atom. The number of primary amides is 1. The summed E-state index contributed by atoms with van der Waals surface area (Å²) in [7, 11) is 0. The Kier molecular flexibility index (Phi) is 6.04. The molecule has 3 rings (SSSR count). The van der Waals surface area contributed by atoms with Gasteiger partial charge in [-0.3, -0.25) is 9.78 Å². The third-order valence-corrected chi connectivity index (χ3v) is 2.19. The Labute approximate surface area is 136 Å². The van der Waals surface area contributed by atoms with E-state index < -0.39 is 5.91 Å². The zero-order valence-corrected chi connectivity index (χ0v) is 9.82. The Morgan fingerprint density at radius 1 is 1.25 bits per heavy atom. The normalized spacial score (nSPS) is 9.20. The van der Waals surface area contributed by atoms with Crippen molar-refractivity contribution >= 4 is 52.4 Å². The Bertz CT molecular complexity index is 685. The molecule has 0 spiro atoms. The number of nitrogens with one attached hydrogen (secondary N) is 1. The van der Waals surface area contributed by atoms with E-state index in [0.717, 1.165) is 0 Å². The van der Waals surface area contributed by atoms with Gasteiger partial charge in [-0.2, -0.15) is 0 Å². The van der Waals surface area contributed by atoms with Gasteiger partial charge in [0.2, 0.25) is 5.91 Å². The first-order valence-corrected chi connectivity index (χ1v) is 5.28. The average molecular weight is 281 g/mol. The molecule has 0 saturated carbocycles. The van der Waals surface area contributed by atoms with Crippen molar-refractivity contribution in [3.8, 4) is 0 Å². The zero-order chi connectivity index (χ0) is 13.7.